The molecule has 0 saturated heterocycles. The van der Waals surface area contributed by atoms with Gasteiger partial charge in [0.15, 0.2) is 0 Å². The lowest BCUT2D eigenvalue weighted by Crippen LogP contribution is -2.35. The van der Waals surface area contributed by atoms with E-state index in [-0.39, 0.29) is 21.5 Å². The minimum Gasteiger partial charge on any atom is -0.389 e. The van der Waals surface area contributed by atoms with Crippen molar-refractivity contribution in [1.29, 1.82) is 0 Å². The Bertz CT molecular complexity index is 627. The van der Waals surface area contributed by atoms with Crippen molar-refractivity contribution in [1.82, 2.24) is 4.31 Å². The summed E-state index contributed by atoms with van der Waals surface area (Å²) in [4.78, 5) is -0.376. The number of benzene rings is 1. The summed E-state index contributed by atoms with van der Waals surface area (Å²) in [5.74, 6) is -0.703. The fourth-order valence-corrected chi connectivity index (χ4v) is 4.43. The van der Waals surface area contributed by atoms with Crippen LogP contribution in [0.5, 0.6) is 0 Å². The second kappa shape index (κ2) is 5.75. The van der Waals surface area contributed by atoms with Crippen molar-refractivity contribution in [3.05, 3.63) is 29.6 Å². The van der Waals surface area contributed by atoms with Gasteiger partial charge in [-0.3, -0.25) is 0 Å². The lowest BCUT2D eigenvalue weighted by Gasteiger charge is -2.22. The fourth-order valence-electron chi connectivity index (χ4n) is 2.17. The van der Waals surface area contributed by atoms with Gasteiger partial charge in [-0.15, -0.1) is 0 Å². The zero-order valence-electron chi connectivity index (χ0n) is 11.2. The number of rotatable bonds is 6. The highest BCUT2D eigenvalue weighted by molar-refractivity contribution is 7.89. The molecule has 1 aromatic carbocycles. The number of sulfonamides is 1. The zero-order valence-corrected chi connectivity index (χ0v) is 12.8. The Kier molecular flexibility index (Phi) is 4.41. The van der Waals surface area contributed by atoms with Gasteiger partial charge in [-0.25, -0.2) is 12.8 Å². The van der Waals surface area contributed by atoms with E-state index in [1.807, 2.05) is 6.92 Å². The van der Waals surface area contributed by atoms with E-state index in [0.29, 0.717) is 13.0 Å². The summed E-state index contributed by atoms with van der Waals surface area (Å²) >= 11 is 4.79. The summed E-state index contributed by atoms with van der Waals surface area (Å²) in [6.45, 7) is 2.32. The molecule has 0 amide bonds. The highest BCUT2D eigenvalue weighted by Crippen LogP contribution is 2.33. The molecule has 0 heterocycles. The van der Waals surface area contributed by atoms with Crippen molar-refractivity contribution in [2.24, 2.45) is 5.73 Å². The van der Waals surface area contributed by atoms with Gasteiger partial charge in [0.1, 0.15) is 10.8 Å². The third kappa shape index (κ3) is 2.84. The van der Waals surface area contributed by atoms with Crippen LogP contribution in [0.4, 0.5) is 4.39 Å². The molecule has 0 unspecified atom stereocenters. The number of thiocarbonyl (C=S) groups is 1. The summed E-state index contributed by atoms with van der Waals surface area (Å²) in [5.41, 5.74) is 5.30. The van der Waals surface area contributed by atoms with Crippen molar-refractivity contribution < 1.29 is 12.8 Å². The first-order valence-corrected chi connectivity index (χ1v) is 8.34. The molecule has 4 nitrogen and oxygen atoms in total. The third-order valence-corrected chi connectivity index (χ3v) is 5.40. The molecule has 1 aliphatic rings. The molecule has 2 N–H and O–H groups in total. The summed E-state index contributed by atoms with van der Waals surface area (Å²) in [6.07, 6.45) is 2.39. The average molecular weight is 316 g/mol. The Morgan fingerprint density at radius 2 is 2.15 bits per heavy atom. The molecule has 0 spiro atoms. The Hall–Kier alpha value is -1.05. The predicted molar refractivity (Wildman–Crippen MR) is 79.5 cm³/mol. The number of hydrogen-bond donors (Lipinski definition) is 1. The molecular weight excluding hydrogens is 299 g/mol. The molecule has 2 rings (SSSR count). The third-order valence-electron chi connectivity index (χ3n) is 3.21. The maximum absolute atomic E-state index is 13.8. The van der Waals surface area contributed by atoms with Crippen molar-refractivity contribution in [2.45, 2.75) is 37.1 Å². The van der Waals surface area contributed by atoms with Gasteiger partial charge in [-0.1, -0.05) is 25.2 Å². The Labute approximate surface area is 123 Å². The molecule has 20 heavy (non-hydrogen) atoms. The highest BCUT2D eigenvalue weighted by Gasteiger charge is 2.38. The van der Waals surface area contributed by atoms with Gasteiger partial charge in [-0.05, 0) is 31.4 Å². The number of nitrogens with two attached hydrogens (primary N) is 1. The van der Waals surface area contributed by atoms with E-state index in [1.165, 1.54) is 16.4 Å². The molecule has 1 aromatic rings. The molecule has 0 aliphatic heterocycles. The van der Waals surface area contributed by atoms with Gasteiger partial charge in [0.25, 0.3) is 0 Å². The maximum Gasteiger partial charge on any atom is 0.244 e. The Balaban J connectivity index is 2.53. The molecule has 0 radical (unpaired) electrons. The van der Waals surface area contributed by atoms with Crippen LogP contribution in [0.3, 0.4) is 0 Å². The minimum absolute atomic E-state index is 0.0161. The summed E-state index contributed by atoms with van der Waals surface area (Å²) in [7, 11) is -3.77. The van der Waals surface area contributed by atoms with Crippen LogP contribution in [0.1, 0.15) is 31.7 Å². The zero-order chi connectivity index (χ0) is 14.9. The standard InChI is InChI=1S/C13H17FN2O2S2/c1-2-8-16(9-6-7-9)20(17,18)11-5-3-4-10(14)12(11)13(15)19/h3-5,9H,2,6-8H2,1H3,(H2,15,19). The van der Waals surface area contributed by atoms with E-state index in [0.717, 1.165) is 18.9 Å². The first-order chi connectivity index (χ1) is 9.39. The molecule has 1 aliphatic carbocycles. The van der Waals surface area contributed by atoms with Gasteiger partial charge in [0, 0.05) is 12.6 Å². The van der Waals surface area contributed by atoms with Crippen LogP contribution in [-0.4, -0.2) is 30.3 Å². The SMILES string of the molecule is CCCN(C1CC1)S(=O)(=O)c1cccc(F)c1C(N)=S. The molecule has 0 atom stereocenters. The summed E-state index contributed by atoms with van der Waals surface area (Å²) < 4.78 is 40.7. The van der Waals surface area contributed by atoms with E-state index >= 15 is 0 Å². The van der Waals surface area contributed by atoms with Gasteiger partial charge < -0.3 is 5.73 Å². The van der Waals surface area contributed by atoms with E-state index in [9.17, 15) is 12.8 Å². The normalized spacial score (nSPS) is 15.6. The van der Waals surface area contributed by atoms with E-state index in [4.69, 9.17) is 18.0 Å². The first-order valence-electron chi connectivity index (χ1n) is 6.49. The van der Waals surface area contributed by atoms with Gasteiger partial charge in [0.2, 0.25) is 10.0 Å². The summed E-state index contributed by atoms with van der Waals surface area (Å²) in [5, 5.41) is 0. The second-order valence-electron chi connectivity index (χ2n) is 4.82. The van der Waals surface area contributed by atoms with Crippen LogP contribution >= 0.6 is 12.2 Å². The lowest BCUT2D eigenvalue weighted by molar-refractivity contribution is 0.403. The van der Waals surface area contributed by atoms with Gasteiger partial charge in [-0.2, -0.15) is 4.31 Å². The first kappa shape index (κ1) is 15.3. The monoisotopic (exact) mass is 316 g/mol. The topological polar surface area (TPSA) is 63.4 Å². The van der Waals surface area contributed by atoms with Crippen molar-refractivity contribution in [2.75, 3.05) is 6.54 Å². The Morgan fingerprint density at radius 1 is 1.50 bits per heavy atom. The lowest BCUT2D eigenvalue weighted by atomic mass is 10.2. The molecule has 0 aromatic heterocycles. The molecule has 0 bridgehead atoms. The average Bonchev–Trinajstić information content (AvgIpc) is 3.19. The molecule has 7 heteroatoms. The van der Waals surface area contributed by atoms with Crippen LogP contribution < -0.4 is 5.73 Å². The molecular formula is C13H17FN2O2S2. The molecule has 1 saturated carbocycles. The van der Waals surface area contributed by atoms with Crippen LogP contribution in [0, 0.1) is 5.82 Å². The van der Waals surface area contributed by atoms with Crippen LogP contribution in [0.25, 0.3) is 0 Å². The summed E-state index contributed by atoms with van der Waals surface area (Å²) in [6, 6.07) is 3.90. The second-order valence-corrected chi connectivity index (χ2v) is 7.12. The van der Waals surface area contributed by atoms with Gasteiger partial charge >= 0.3 is 0 Å². The number of hydrogen-bond acceptors (Lipinski definition) is 3. The van der Waals surface area contributed by atoms with Crippen molar-refractivity contribution >= 4 is 27.2 Å². The predicted octanol–water partition coefficient (Wildman–Crippen LogP) is 2.02. The molecule has 110 valence electrons. The van der Waals surface area contributed by atoms with Crippen molar-refractivity contribution in [3.63, 3.8) is 0 Å². The van der Waals surface area contributed by atoms with E-state index in [2.05, 4.69) is 0 Å². The van der Waals surface area contributed by atoms with E-state index < -0.39 is 15.8 Å². The van der Waals surface area contributed by atoms with Crippen molar-refractivity contribution in [3.8, 4) is 0 Å². The fraction of sp³-hybridized carbons (Fsp3) is 0.462. The number of halogens is 1. The number of nitrogens with zero attached hydrogens (tertiary/aromatic N) is 1. The van der Waals surface area contributed by atoms with Crippen LogP contribution in [0.2, 0.25) is 0 Å². The largest absolute Gasteiger partial charge is 0.389 e. The maximum atomic E-state index is 13.8. The minimum atomic E-state index is -3.77. The van der Waals surface area contributed by atoms with E-state index in [1.54, 1.807) is 0 Å². The van der Waals surface area contributed by atoms with Gasteiger partial charge in [0.05, 0.1) is 10.5 Å². The smallest absolute Gasteiger partial charge is 0.244 e. The van der Waals surface area contributed by atoms with Crippen LogP contribution in [0.15, 0.2) is 23.1 Å². The Morgan fingerprint density at radius 3 is 2.65 bits per heavy atom. The quantitative estimate of drug-likeness (QED) is 0.816. The van der Waals surface area contributed by atoms with Crippen LogP contribution in [-0.2, 0) is 10.0 Å². The molecule has 1 fully saturated rings. The highest BCUT2D eigenvalue weighted by atomic mass is 32.2.